The molecule has 2 aliphatic heterocycles. The number of carbonyl (C=O) groups is 2. The van der Waals surface area contributed by atoms with Crippen LogP contribution in [0.1, 0.15) is 60.7 Å². The zero-order chi connectivity index (χ0) is 27.1. The molecule has 0 aromatic heterocycles. The number of nitriles is 1. The van der Waals surface area contributed by atoms with Crippen LogP contribution in [-0.4, -0.2) is 30.0 Å². The molecule has 1 saturated heterocycles. The van der Waals surface area contributed by atoms with E-state index in [0.717, 1.165) is 5.69 Å². The smallest absolute Gasteiger partial charge is 0.256 e. The SMILES string of the molecule is CC(C)(C)C(=O)Nc1ccc(N2CCC(C3(O)c4ccccc4NC(=O)c4ccccc43)CC2)c(C#N)c1. The van der Waals surface area contributed by atoms with Crippen LogP contribution in [-0.2, 0) is 10.4 Å². The Balaban J connectivity index is 1.42. The number of hydrogen-bond donors (Lipinski definition) is 3. The second-order valence-corrected chi connectivity index (χ2v) is 11.1. The van der Waals surface area contributed by atoms with Crippen LogP contribution < -0.4 is 15.5 Å². The van der Waals surface area contributed by atoms with Crippen molar-refractivity contribution in [2.24, 2.45) is 11.3 Å². The Hall–Kier alpha value is -4.15. The minimum atomic E-state index is -1.34. The van der Waals surface area contributed by atoms with Gasteiger partial charge in [0.15, 0.2) is 0 Å². The molecule has 1 fully saturated rings. The number of carbonyl (C=O) groups excluding carboxylic acids is 2. The van der Waals surface area contributed by atoms with Crippen molar-refractivity contribution in [3.63, 3.8) is 0 Å². The van der Waals surface area contributed by atoms with E-state index in [2.05, 4.69) is 21.6 Å². The molecule has 7 nitrogen and oxygen atoms in total. The van der Waals surface area contributed by atoms with E-state index in [0.29, 0.717) is 59.6 Å². The van der Waals surface area contributed by atoms with Crippen molar-refractivity contribution in [1.29, 1.82) is 5.26 Å². The molecule has 1 atom stereocenters. The molecule has 38 heavy (non-hydrogen) atoms. The molecule has 1 unspecified atom stereocenters. The number of nitrogens with one attached hydrogen (secondary N) is 2. The van der Waals surface area contributed by atoms with Gasteiger partial charge in [0.05, 0.1) is 11.3 Å². The second-order valence-electron chi connectivity index (χ2n) is 11.1. The van der Waals surface area contributed by atoms with Gasteiger partial charge in [-0.3, -0.25) is 9.59 Å². The van der Waals surface area contributed by atoms with Gasteiger partial charge in [-0.15, -0.1) is 0 Å². The number of aliphatic hydroxyl groups is 1. The van der Waals surface area contributed by atoms with Gasteiger partial charge in [-0.2, -0.15) is 5.26 Å². The Bertz CT molecular complexity index is 1440. The first-order valence-corrected chi connectivity index (χ1v) is 13.0. The molecule has 0 saturated carbocycles. The number of piperidine rings is 1. The largest absolute Gasteiger partial charge is 0.380 e. The lowest BCUT2D eigenvalue weighted by atomic mass is 9.70. The van der Waals surface area contributed by atoms with Crippen LogP contribution in [0.3, 0.4) is 0 Å². The number of hydrogen-bond acceptors (Lipinski definition) is 5. The minimum Gasteiger partial charge on any atom is -0.380 e. The summed E-state index contributed by atoms with van der Waals surface area (Å²) in [7, 11) is 0. The fourth-order valence-corrected chi connectivity index (χ4v) is 5.55. The van der Waals surface area contributed by atoms with Gasteiger partial charge in [0.25, 0.3) is 5.91 Å². The monoisotopic (exact) mass is 508 g/mol. The average molecular weight is 509 g/mol. The summed E-state index contributed by atoms with van der Waals surface area (Å²) in [5.41, 5.74) is 2.45. The number of benzene rings is 3. The molecule has 2 amide bonds. The summed E-state index contributed by atoms with van der Waals surface area (Å²) in [6.45, 7) is 6.81. The average Bonchev–Trinajstić information content (AvgIpc) is 3.01. The fourth-order valence-electron chi connectivity index (χ4n) is 5.55. The van der Waals surface area contributed by atoms with E-state index in [1.165, 1.54) is 0 Å². The standard InChI is InChI=1S/C31H32N4O3/c1-30(2,3)29(37)33-22-12-13-27(20(18-22)19-32)35-16-14-21(15-17-35)31(38)24-9-5-4-8-23(24)28(36)34-26-11-7-6-10-25(26)31/h4-13,18,21,38H,14-17H2,1-3H3,(H,33,37)(H,34,36). The molecule has 7 heteroatoms. The van der Waals surface area contributed by atoms with Crippen molar-refractivity contribution in [1.82, 2.24) is 0 Å². The third-order valence-electron chi connectivity index (χ3n) is 7.65. The normalized spacial score (nSPS) is 19.4. The summed E-state index contributed by atoms with van der Waals surface area (Å²) < 4.78 is 0. The van der Waals surface area contributed by atoms with Gasteiger partial charge in [0, 0.05) is 46.6 Å². The highest BCUT2D eigenvalue weighted by atomic mass is 16.3. The third kappa shape index (κ3) is 4.42. The van der Waals surface area contributed by atoms with E-state index in [4.69, 9.17) is 0 Å². The highest BCUT2D eigenvalue weighted by Crippen LogP contribution is 2.47. The van der Waals surface area contributed by atoms with Crippen LogP contribution in [0, 0.1) is 22.7 Å². The first kappa shape index (κ1) is 25.5. The Kier molecular flexibility index (Phi) is 6.46. The maximum absolute atomic E-state index is 13.0. The van der Waals surface area contributed by atoms with E-state index in [9.17, 15) is 20.0 Å². The highest BCUT2D eigenvalue weighted by Gasteiger charge is 2.46. The Morgan fingerprint density at radius 1 is 1.05 bits per heavy atom. The summed E-state index contributed by atoms with van der Waals surface area (Å²) in [4.78, 5) is 27.6. The van der Waals surface area contributed by atoms with Gasteiger partial charge >= 0.3 is 0 Å². The lowest BCUT2D eigenvalue weighted by Crippen LogP contribution is -2.44. The summed E-state index contributed by atoms with van der Waals surface area (Å²) in [5.74, 6) is -0.469. The van der Waals surface area contributed by atoms with E-state index in [1.54, 1.807) is 12.1 Å². The quantitative estimate of drug-likeness (QED) is 0.448. The summed E-state index contributed by atoms with van der Waals surface area (Å²) >= 11 is 0. The number of nitrogens with zero attached hydrogens (tertiary/aromatic N) is 2. The van der Waals surface area contributed by atoms with Crippen LogP contribution in [0.15, 0.2) is 66.7 Å². The molecule has 5 rings (SSSR count). The van der Waals surface area contributed by atoms with Crippen LogP contribution in [0.4, 0.5) is 17.1 Å². The molecular weight excluding hydrogens is 476 g/mol. The molecule has 0 radical (unpaired) electrons. The molecule has 2 aliphatic rings. The zero-order valence-electron chi connectivity index (χ0n) is 21.9. The molecule has 0 spiro atoms. The van der Waals surface area contributed by atoms with Crippen molar-refractivity contribution >= 4 is 28.9 Å². The summed E-state index contributed by atoms with van der Waals surface area (Å²) in [6, 6.07) is 22.5. The van der Waals surface area contributed by atoms with E-state index < -0.39 is 11.0 Å². The Morgan fingerprint density at radius 3 is 2.39 bits per heavy atom. The van der Waals surface area contributed by atoms with Gasteiger partial charge in [-0.05, 0) is 49.1 Å². The van der Waals surface area contributed by atoms with Crippen LogP contribution in [0.2, 0.25) is 0 Å². The van der Waals surface area contributed by atoms with E-state index in [-0.39, 0.29) is 17.7 Å². The number of rotatable bonds is 3. The number of amides is 2. The Labute approximate surface area is 223 Å². The molecular formula is C31H32N4O3. The zero-order valence-corrected chi connectivity index (χ0v) is 21.9. The van der Waals surface area contributed by atoms with Crippen molar-refractivity contribution in [3.05, 3.63) is 89.0 Å². The van der Waals surface area contributed by atoms with Crippen LogP contribution in [0.5, 0.6) is 0 Å². The fraction of sp³-hybridized carbons (Fsp3) is 0.323. The second kappa shape index (κ2) is 9.62. The molecule has 3 N–H and O–H groups in total. The predicted molar refractivity (Wildman–Crippen MR) is 148 cm³/mol. The van der Waals surface area contributed by atoms with Gasteiger partial charge in [0.2, 0.25) is 5.91 Å². The third-order valence-corrected chi connectivity index (χ3v) is 7.65. The van der Waals surface area contributed by atoms with Crippen molar-refractivity contribution in [3.8, 4) is 6.07 Å². The lowest BCUT2D eigenvalue weighted by molar-refractivity contribution is -0.123. The van der Waals surface area contributed by atoms with Crippen molar-refractivity contribution < 1.29 is 14.7 Å². The summed E-state index contributed by atoms with van der Waals surface area (Å²) in [5, 5.41) is 28.2. The first-order valence-electron chi connectivity index (χ1n) is 13.0. The van der Waals surface area contributed by atoms with Gasteiger partial charge in [-0.25, -0.2) is 0 Å². The summed E-state index contributed by atoms with van der Waals surface area (Å²) in [6.07, 6.45) is 1.33. The van der Waals surface area contributed by atoms with Crippen molar-refractivity contribution in [2.75, 3.05) is 28.6 Å². The van der Waals surface area contributed by atoms with Crippen molar-refractivity contribution in [2.45, 2.75) is 39.2 Å². The lowest BCUT2D eigenvalue weighted by Gasteiger charge is -2.43. The van der Waals surface area contributed by atoms with E-state index in [1.807, 2.05) is 75.4 Å². The molecule has 0 bridgehead atoms. The first-order chi connectivity index (χ1) is 18.1. The number of anilines is 3. The van der Waals surface area contributed by atoms with Gasteiger partial charge in [0.1, 0.15) is 11.7 Å². The molecule has 3 aromatic rings. The van der Waals surface area contributed by atoms with E-state index >= 15 is 0 Å². The minimum absolute atomic E-state index is 0.111. The van der Waals surface area contributed by atoms with Crippen LogP contribution in [0.25, 0.3) is 0 Å². The van der Waals surface area contributed by atoms with Gasteiger partial charge in [-0.1, -0.05) is 57.2 Å². The molecule has 2 heterocycles. The maximum Gasteiger partial charge on any atom is 0.256 e. The topological polar surface area (TPSA) is 105 Å². The predicted octanol–water partition coefficient (Wildman–Crippen LogP) is 5.26. The molecule has 0 aliphatic carbocycles. The molecule has 194 valence electrons. The maximum atomic E-state index is 13.0. The number of para-hydroxylation sites is 1. The number of fused-ring (bicyclic) bond motifs is 2. The Morgan fingerprint density at radius 2 is 1.71 bits per heavy atom. The van der Waals surface area contributed by atoms with Crippen LogP contribution >= 0.6 is 0 Å². The highest BCUT2D eigenvalue weighted by molar-refractivity contribution is 6.07. The molecule has 3 aromatic carbocycles. The van der Waals surface area contributed by atoms with Gasteiger partial charge < -0.3 is 20.6 Å².